The van der Waals surface area contributed by atoms with Crippen LogP contribution in [0.5, 0.6) is 5.75 Å². The molecule has 0 aliphatic carbocycles. The maximum Gasteiger partial charge on any atom is 0.196 e. The van der Waals surface area contributed by atoms with Crippen LogP contribution in [0, 0.1) is 6.92 Å². The molecular formula is C25H21N5O2S. The minimum absolute atomic E-state index is 0.558. The summed E-state index contributed by atoms with van der Waals surface area (Å²) in [5.41, 5.74) is 4.76. The van der Waals surface area contributed by atoms with Gasteiger partial charge in [-0.05, 0) is 43.3 Å². The van der Waals surface area contributed by atoms with E-state index in [1.54, 1.807) is 31.3 Å². The number of pyridine rings is 1. The first-order valence-electron chi connectivity index (χ1n) is 10.4. The van der Waals surface area contributed by atoms with Crippen LogP contribution >= 0.6 is 11.8 Å². The van der Waals surface area contributed by atoms with Gasteiger partial charge in [-0.3, -0.25) is 9.55 Å². The second-order valence-electron chi connectivity index (χ2n) is 7.38. The van der Waals surface area contributed by atoms with Crippen molar-refractivity contribution in [3.8, 4) is 34.1 Å². The molecular weight excluding hydrogens is 434 g/mol. The quantitative estimate of drug-likeness (QED) is 0.296. The lowest BCUT2D eigenvalue weighted by Gasteiger charge is -2.10. The number of hydrogen-bond donors (Lipinski definition) is 0. The first-order chi connectivity index (χ1) is 16.2. The fourth-order valence-electron chi connectivity index (χ4n) is 3.48. The molecule has 0 amide bonds. The second kappa shape index (κ2) is 9.30. The van der Waals surface area contributed by atoms with Gasteiger partial charge in [0.2, 0.25) is 0 Å². The largest absolute Gasteiger partial charge is 0.496 e. The molecule has 0 bridgehead atoms. The van der Waals surface area contributed by atoms with E-state index in [2.05, 4.69) is 56.1 Å². The molecule has 5 rings (SSSR count). The summed E-state index contributed by atoms with van der Waals surface area (Å²) in [6.07, 6.45) is 3.51. The fraction of sp³-hybridized carbons (Fsp3) is 0.120. The van der Waals surface area contributed by atoms with Crippen LogP contribution in [0.15, 0.2) is 88.8 Å². The van der Waals surface area contributed by atoms with E-state index in [1.165, 1.54) is 5.56 Å². The third-order valence-corrected chi connectivity index (χ3v) is 6.10. The van der Waals surface area contributed by atoms with Crippen LogP contribution in [-0.2, 0) is 5.75 Å². The molecule has 8 heteroatoms. The Balaban J connectivity index is 1.44. The van der Waals surface area contributed by atoms with E-state index in [0.717, 1.165) is 45.0 Å². The number of hydrogen-bond acceptors (Lipinski definition) is 7. The highest BCUT2D eigenvalue weighted by molar-refractivity contribution is 7.98. The number of methoxy groups -OCH3 is 1. The number of thioether (sulfide) groups is 1. The van der Waals surface area contributed by atoms with Crippen LogP contribution in [0.25, 0.3) is 28.3 Å². The van der Waals surface area contributed by atoms with Gasteiger partial charge < -0.3 is 9.26 Å². The molecule has 0 atom stereocenters. The molecule has 0 fully saturated rings. The molecule has 0 radical (unpaired) electrons. The summed E-state index contributed by atoms with van der Waals surface area (Å²) in [6.45, 7) is 2.07. The van der Waals surface area contributed by atoms with Crippen molar-refractivity contribution in [2.45, 2.75) is 17.8 Å². The highest BCUT2D eigenvalue weighted by Crippen LogP contribution is 2.32. The van der Waals surface area contributed by atoms with Crippen LogP contribution in [0.4, 0.5) is 0 Å². The monoisotopic (exact) mass is 455 g/mol. The summed E-state index contributed by atoms with van der Waals surface area (Å²) >= 11 is 1.54. The van der Waals surface area contributed by atoms with E-state index in [-0.39, 0.29) is 0 Å². The van der Waals surface area contributed by atoms with Gasteiger partial charge in [0, 0.05) is 35.3 Å². The molecule has 33 heavy (non-hydrogen) atoms. The highest BCUT2D eigenvalue weighted by atomic mass is 32.2. The van der Waals surface area contributed by atoms with Gasteiger partial charge >= 0.3 is 0 Å². The summed E-state index contributed by atoms with van der Waals surface area (Å²) in [5, 5.41) is 13.9. The number of aromatic nitrogens is 5. The third-order valence-electron chi connectivity index (χ3n) is 5.15. The maximum absolute atomic E-state index is 5.60. The van der Waals surface area contributed by atoms with Gasteiger partial charge in [-0.25, -0.2) is 0 Å². The zero-order valence-corrected chi connectivity index (χ0v) is 19.0. The van der Waals surface area contributed by atoms with Gasteiger partial charge in [-0.1, -0.05) is 46.7 Å². The molecule has 2 aromatic carbocycles. The van der Waals surface area contributed by atoms with Gasteiger partial charge in [-0.2, -0.15) is 0 Å². The van der Waals surface area contributed by atoms with Gasteiger partial charge in [0.05, 0.1) is 12.9 Å². The highest BCUT2D eigenvalue weighted by Gasteiger charge is 2.18. The van der Waals surface area contributed by atoms with Crippen molar-refractivity contribution in [1.82, 2.24) is 24.9 Å². The zero-order chi connectivity index (χ0) is 22.6. The molecule has 0 saturated heterocycles. The molecule has 0 saturated carbocycles. The van der Waals surface area contributed by atoms with Gasteiger partial charge in [-0.15, -0.1) is 10.2 Å². The van der Waals surface area contributed by atoms with E-state index >= 15 is 0 Å². The fourth-order valence-corrected chi connectivity index (χ4v) is 4.30. The molecule has 164 valence electrons. The van der Waals surface area contributed by atoms with Crippen LogP contribution in [0.2, 0.25) is 0 Å². The molecule has 3 heterocycles. The minimum Gasteiger partial charge on any atom is -0.496 e. The Hall–Kier alpha value is -3.91. The molecule has 3 aromatic heterocycles. The Labute approximate surface area is 195 Å². The van der Waals surface area contributed by atoms with Crippen molar-refractivity contribution in [3.63, 3.8) is 0 Å². The minimum atomic E-state index is 0.558. The SMILES string of the molecule is COc1ccccc1-c1cc(CSc2nnc(-c3ccncc3)n2-c2ccc(C)cc2)on1. The Morgan fingerprint density at radius 2 is 1.76 bits per heavy atom. The van der Waals surface area contributed by atoms with Crippen molar-refractivity contribution in [1.29, 1.82) is 0 Å². The predicted octanol–water partition coefficient (Wildman–Crippen LogP) is 5.59. The predicted molar refractivity (Wildman–Crippen MR) is 127 cm³/mol. The van der Waals surface area contributed by atoms with Crippen molar-refractivity contribution < 1.29 is 9.26 Å². The summed E-state index contributed by atoms with van der Waals surface area (Å²) in [6, 6.07) is 21.8. The standard InChI is InChI=1S/C25H21N5O2S/c1-17-7-9-19(10-8-17)30-24(18-11-13-26-14-12-18)27-28-25(30)33-16-20-15-22(29-32-20)21-5-3-4-6-23(21)31-2/h3-15H,16H2,1-2H3. The van der Waals surface area contributed by atoms with Gasteiger partial charge in [0.25, 0.3) is 0 Å². The number of aryl methyl sites for hydroxylation is 1. The van der Waals surface area contributed by atoms with Crippen molar-refractivity contribution in [2.75, 3.05) is 7.11 Å². The van der Waals surface area contributed by atoms with Crippen molar-refractivity contribution >= 4 is 11.8 Å². The van der Waals surface area contributed by atoms with Crippen LogP contribution < -0.4 is 4.74 Å². The summed E-state index contributed by atoms with van der Waals surface area (Å²) in [7, 11) is 1.65. The Morgan fingerprint density at radius 1 is 0.970 bits per heavy atom. The van der Waals surface area contributed by atoms with E-state index in [9.17, 15) is 0 Å². The summed E-state index contributed by atoms with van der Waals surface area (Å²) in [4.78, 5) is 4.12. The van der Waals surface area contributed by atoms with Gasteiger partial charge in [0.1, 0.15) is 17.2 Å². The lowest BCUT2D eigenvalue weighted by molar-refractivity contribution is 0.395. The topological polar surface area (TPSA) is 78.9 Å². The average molecular weight is 456 g/mol. The third kappa shape index (κ3) is 4.38. The lowest BCUT2D eigenvalue weighted by atomic mass is 10.1. The van der Waals surface area contributed by atoms with Crippen molar-refractivity contribution in [3.05, 3.63) is 90.4 Å². The Kier molecular flexibility index (Phi) is 5.91. The number of rotatable bonds is 7. The van der Waals surface area contributed by atoms with Gasteiger partial charge in [0.15, 0.2) is 11.0 Å². The molecule has 7 nitrogen and oxygen atoms in total. The smallest absolute Gasteiger partial charge is 0.196 e. The lowest BCUT2D eigenvalue weighted by Crippen LogP contribution is -2.00. The molecule has 0 N–H and O–H groups in total. The molecule has 0 aliphatic heterocycles. The summed E-state index contributed by atoms with van der Waals surface area (Å²) < 4.78 is 13.1. The number of benzene rings is 2. The van der Waals surface area contributed by atoms with Crippen molar-refractivity contribution in [2.24, 2.45) is 0 Å². The first kappa shape index (κ1) is 21.0. The maximum atomic E-state index is 5.60. The van der Waals surface area contributed by atoms with Crippen LogP contribution in [0.1, 0.15) is 11.3 Å². The normalized spacial score (nSPS) is 11.0. The average Bonchev–Trinajstić information content (AvgIpc) is 3.51. The number of ether oxygens (including phenoxy) is 1. The van der Waals surface area contributed by atoms with Crippen LogP contribution in [-0.4, -0.2) is 32.0 Å². The number of nitrogens with zero attached hydrogens (tertiary/aromatic N) is 5. The van der Waals surface area contributed by atoms with Crippen LogP contribution in [0.3, 0.4) is 0 Å². The molecule has 5 aromatic rings. The first-order valence-corrected chi connectivity index (χ1v) is 11.4. The Bertz CT molecular complexity index is 1360. The molecule has 0 unspecified atom stereocenters. The molecule has 0 spiro atoms. The zero-order valence-electron chi connectivity index (χ0n) is 18.2. The Morgan fingerprint density at radius 3 is 2.55 bits per heavy atom. The molecule has 0 aliphatic rings. The van der Waals surface area contributed by atoms with E-state index in [0.29, 0.717) is 5.75 Å². The van der Waals surface area contributed by atoms with E-state index in [1.807, 2.05) is 42.5 Å². The second-order valence-corrected chi connectivity index (χ2v) is 8.32. The van der Waals surface area contributed by atoms with E-state index < -0.39 is 0 Å². The summed E-state index contributed by atoms with van der Waals surface area (Å²) in [5.74, 6) is 2.81. The van der Waals surface area contributed by atoms with E-state index in [4.69, 9.17) is 9.26 Å². The number of para-hydroxylation sites is 1.